The summed E-state index contributed by atoms with van der Waals surface area (Å²) in [6.07, 6.45) is -1.19. The number of carbonyl (C=O) groups is 9. The van der Waals surface area contributed by atoms with Crippen LogP contribution in [0.1, 0.15) is 110 Å². The fraction of sp³-hybridized carbons (Fsp3) is 0.397. The van der Waals surface area contributed by atoms with Gasteiger partial charge < -0.3 is 64.7 Å². The Bertz CT molecular complexity index is 3870. The third-order valence-corrected chi connectivity index (χ3v) is 23.9. The number of non-ortho nitro benzene ring substituents is 1. The molecular weight excluding hydrogens is 1380 g/mol. The van der Waals surface area contributed by atoms with Gasteiger partial charge in [-0.2, -0.15) is 11.8 Å². The Kier molecular flexibility index (Phi) is 30.5. The van der Waals surface area contributed by atoms with Gasteiger partial charge in [-0.05, 0) is 94.0 Å². The Morgan fingerprint density at radius 1 is 0.581 bits per heavy atom. The van der Waals surface area contributed by atoms with Gasteiger partial charge in [0, 0.05) is 35.5 Å². The normalized spacial score (nSPS) is 14.2. The maximum atomic E-state index is 15.7. The number of nitro benzene ring substituents is 1. The average molecular weight is 1480 g/mol. The Morgan fingerprint density at radius 2 is 1.10 bits per heavy atom. The van der Waals surface area contributed by atoms with Crippen molar-refractivity contribution in [3.8, 4) is 11.1 Å². The van der Waals surface area contributed by atoms with Crippen LogP contribution < -0.4 is 42.3 Å². The minimum Gasteiger partial charge on any atom is -0.469 e. The highest BCUT2D eigenvalue weighted by molar-refractivity contribution is 8.00. The summed E-state index contributed by atoms with van der Waals surface area (Å²) in [6.45, 7) is 17.7. The Balaban J connectivity index is 1.25. The van der Waals surface area contributed by atoms with Crippen LogP contribution in [0.5, 0.6) is 0 Å². The standard InChI is InChI=1S/C78H95N7O18SSi/c1-12-43-99-74(92)67(50(3)13-2)83-71(89)63(47-98-44-53-37-39-54(40-38-53)85(95)96)80-69(87)62(41-42-66(86)97-11)79-70(88)64(48-102-105(78(8,9)10,55-29-19-15-20-30-55)56-31-21-16-22-32-56)81-72(90)68(84-76(94)100-45-52-27-17-14-18-28-52)51(4)104-49-65(73(91)103-77(5,6)7)82-75(93)101-46-61-59-35-25-23-33-57(59)58-34-24-26-36-60(58)61/h12,14-40,50-51,61-65,67-68H,1,13,41-49H2,2-11H3,(H,79,88)(H,80,87)(H,81,90)(H,82,93)(H,83,89)(H,84,94)/t50-,51-,62-,63-,64-,65-,67-,68+/m0/s1. The molecule has 6 N–H and O–H groups in total. The zero-order valence-electron chi connectivity index (χ0n) is 60.8. The fourth-order valence-corrected chi connectivity index (χ4v) is 17.6. The number of hydrogen-bond donors (Lipinski definition) is 6. The van der Waals surface area contributed by atoms with Crippen LogP contribution in [-0.2, 0) is 79.6 Å². The van der Waals surface area contributed by atoms with Crippen molar-refractivity contribution in [2.45, 2.75) is 153 Å². The number of benzene rings is 6. The molecule has 560 valence electrons. The lowest BCUT2D eigenvalue weighted by Crippen LogP contribution is -2.68. The smallest absolute Gasteiger partial charge is 0.408 e. The molecule has 0 bridgehead atoms. The summed E-state index contributed by atoms with van der Waals surface area (Å²) >= 11 is 0.979. The lowest BCUT2D eigenvalue weighted by Gasteiger charge is -2.43. The van der Waals surface area contributed by atoms with Gasteiger partial charge in [-0.1, -0.05) is 200 Å². The van der Waals surface area contributed by atoms with Crippen molar-refractivity contribution in [3.05, 3.63) is 209 Å². The van der Waals surface area contributed by atoms with Crippen LogP contribution in [0.25, 0.3) is 11.1 Å². The molecule has 0 spiro atoms. The molecule has 0 heterocycles. The van der Waals surface area contributed by atoms with E-state index in [1.165, 1.54) is 30.3 Å². The Hall–Kier alpha value is -10.2. The number of nitro groups is 1. The number of rotatable bonds is 37. The number of thioether (sulfide) groups is 1. The number of nitrogens with one attached hydrogen (secondary N) is 6. The molecule has 0 aromatic heterocycles. The maximum absolute atomic E-state index is 15.7. The van der Waals surface area contributed by atoms with Gasteiger partial charge in [0.15, 0.2) is 0 Å². The van der Waals surface area contributed by atoms with Crippen LogP contribution in [0.4, 0.5) is 15.3 Å². The van der Waals surface area contributed by atoms with Crippen molar-refractivity contribution in [1.29, 1.82) is 0 Å². The first-order valence-corrected chi connectivity index (χ1v) is 37.6. The van der Waals surface area contributed by atoms with E-state index in [0.29, 0.717) is 17.5 Å². The van der Waals surface area contributed by atoms with Gasteiger partial charge in [0.25, 0.3) is 14.0 Å². The lowest BCUT2D eigenvalue weighted by molar-refractivity contribution is -0.384. The number of fused-ring (bicyclic) bond motifs is 3. The Labute approximate surface area is 617 Å². The molecule has 0 radical (unpaired) electrons. The van der Waals surface area contributed by atoms with Crippen LogP contribution in [0.15, 0.2) is 176 Å². The van der Waals surface area contributed by atoms with E-state index in [1.807, 2.05) is 130 Å². The third-order valence-electron chi connectivity index (χ3n) is 17.5. The van der Waals surface area contributed by atoms with E-state index in [9.17, 15) is 38.9 Å². The summed E-state index contributed by atoms with van der Waals surface area (Å²) in [5.41, 5.74) is 3.78. The molecule has 0 aliphatic heterocycles. The molecule has 0 unspecified atom stereocenters. The van der Waals surface area contributed by atoms with Crippen molar-refractivity contribution in [2.75, 3.05) is 39.3 Å². The summed E-state index contributed by atoms with van der Waals surface area (Å²) < 4.78 is 41.0. The largest absolute Gasteiger partial charge is 0.469 e. The van der Waals surface area contributed by atoms with E-state index < -0.39 is 151 Å². The predicted octanol–water partition coefficient (Wildman–Crippen LogP) is 9.02. The number of alkyl carbamates (subject to hydrolysis) is 2. The van der Waals surface area contributed by atoms with Gasteiger partial charge in [0.1, 0.15) is 61.7 Å². The molecule has 6 aromatic carbocycles. The molecule has 1 aliphatic rings. The lowest BCUT2D eigenvalue weighted by atomic mass is 9.98. The van der Waals surface area contributed by atoms with Crippen molar-refractivity contribution in [3.63, 3.8) is 0 Å². The van der Waals surface area contributed by atoms with Crippen LogP contribution in [0.3, 0.4) is 0 Å². The Morgan fingerprint density at radius 3 is 1.65 bits per heavy atom. The SMILES string of the molecule is C=CCOC(=O)[C@@H](NC(=O)[C@H](COCc1ccc([N+](=O)[O-])cc1)NC(=O)[C@H](CCC(=O)OC)NC(=O)[C@H](CO[Si](c1ccccc1)(c1ccccc1)C(C)(C)C)NC(=O)[C@H](NC(=O)OCc1ccccc1)[C@H](C)SC[C@H](NC(=O)OCC1c2ccccc2-c2ccccc21)C(=O)OC(C)(C)C)[C@@H](C)CC. The van der Waals surface area contributed by atoms with E-state index in [4.69, 9.17) is 32.8 Å². The highest BCUT2D eigenvalue weighted by Crippen LogP contribution is 2.45. The summed E-state index contributed by atoms with van der Waals surface area (Å²) in [6, 6.07) is 39.1. The molecule has 27 heteroatoms. The molecule has 8 atom stereocenters. The first-order valence-electron chi connectivity index (χ1n) is 34.6. The quantitative estimate of drug-likeness (QED) is 0.00529. The number of hydrogen-bond acceptors (Lipinski definition) is 19. The van der Waals surface area contributed by atoms with Crippen molar-refractivity contribution in [2.24, 2.45) is 5.92 Å². The van der Waals surface area contributed by atoms with E-state index in [0.717, 1.165) is 51.5 Å². The zero-order valence-corrected chi connectivity index (χ0v) is 62.7. The molecule has 25 nitrogen and oxygen atoms in total. The molecule has 0 saturated heterocycles. The van der Waals surface area contributed by atoms with Crippen molar-refractivity contribution >= 4 is 89.9 Å². The number of ether oxygens (including phenoxy) is 6. The predicted molar refractivity (Wildman–Crippen MR) is 399 cm³/mol. The monoisotopic (exact) mass is 1480 g/mol. The van der Waals surface area contributed by atoms with E-state index in [2.05, 4.69) is 38.5 Å². The minimum absolute atomic E-state index is 0.0808. The molecule has 0 fully saturated rings. The van der Waals surface area contributed by atoms with Gasteiger partial charge in [0.2, 0.25) is 23.6 Å². The minimum atomic E-state index is -3.64. The van der Waals surface area contributed by atoms with E-state index >= 15 is 14.4 Å². The second-order valence-electron chi connectivity index (χ2n) is 27.3. The molecule has 1 aliphatic carbocycles. The number of amides is 6. The first kappa shape index (κ1) is 82.1. The maximum Gasteiger partial charge on any atom is 0.408 e. The van der Waals surface area contributed by atoms with Crippen molar-refractivity contribution < 1.29 is 80.9 Å². The number of esters is 3. The van der Waals surface area contributed by atoms with Gasteiger partial charge in [-0.3, -0.25) is 34.1 Å². The third kappa shape index (κ3) is 23.4. The number of methoxy groups -OCH3 is 1. The molecule has 0 saturated carbocycles. The average Bonchev–Trinajstić information content (AvgIpc) is 1.11. The van der Waals surface area contributed by atoms with Gasteiger partial charge in [-0.15, -0.1) is 0 Å². The van der Waals surface area contributed by atoms with Crippen LogP contribution >= 0.6 is 11.8 Å². The van der Waals surface area contributed by atoms with E-state index in [1.54, 1.807) is 71.9 Å². The van der Waals surface area contributed by atoms with Gasteiger partial charge in [-0.25, -0.2) is 19.2 Å². The summed E-state index contributed by atoms with van der Waals surface area (Å²) in [5.74, 6) is -7.52. The van der Waals surface area contributed by atoms with Gasteiger partial charge in [0.05, 0.1) is 31.9 Å². The zero-order chi connectivity index (χ0) is 76.4. The van der Waals surface area contributed by atoms with Gasteiger partial charge >= 0.3 is 30.1 Å². The van der Waals surface area contributed by atoms with Crippen LogP contribution in [0.2, 0.25) is 5.04 Å². The molecule has 6 amide bonds. The highest BCUT2D eigenvalue weighted by Gasteiger charge is 2.51. The molecule has 6 aromatic rings. The second kappa shape index (κ2) is 39.0. The second-order valence-corrected chi connectivity index (χ2v) is 33.0. The topological polar surface area (TPSA) is 334 Å². The molecule has 7 rings (SSSR count). The van der Waals surface area contributed by atoms with E-state index in [-0.39, 0.29) is 43.8 Å². The number of nitrogens with zero attached hydrogens (tertiary/aromatic N) is 1. The first-order chi connectivity index (χ1) is 50.1. The van der Waals surface area contributed by atoms with Crippen LogP contribution in [0, 0.1) is 16.0 Å². The summed E-state index contributed by atoms with van der Waals surface area (Å²) in [4.78, 5) is 141. The fourth-order valence-electron chi connectivity index (χ4n) is 11.9. The van der Waals surface area contributed by atoms with Crippen LogP contribution in [-0.4, -0.2) is 153 Å². The van der Waals surface area contributed by atoms with Crippen molar-refractivity contribution in [1.82, 2.24) is 31.9 Å². The molecular formula is C78H95N7O18SSi. The summed E-state index contributed by atoms with van der Waals surface area (Å²) in [7, 11) is -2.51. The highest BCUT2D eigenvalue weighted by atomic mass is 32.2. The summed E-state index contributed by atoms with van der Waals surface area (Å²) in [5, 5.41) is 27.5. The molecule has 105 heavy (non-hydrogen) atoms. The number of carbonyl (C=O) groups excluding carboxylic acids is 9.